The van der Waals surface area contributed by atoms with Crippen molar-refractivity contribution in [1.29, 1.82) is 0 Å². The molecular weight excluding hydrogens is 298 g/mol. The number of rotatable bonds is 5. The number of benzene rings is 3. The van der Waals surface area contributed by atoms with Crippen molar-refractivity contribution in [3.8, 4) is 11.5 Å². The molecule has 0 spiro atoms. The standard InChI is InChI=1S/C21H19NO2/c1-24-19-13-11-17(12-14-19)21(16-7-3-2-4-8-16)22-15-18-9-5-6-10-20(18)23/h2-15,21,23H,1H3/t21-/m1/s1. The van der Waals surface area contributed by atoms with E-state index < -0.39 is 0 Å². The van der Waals surface area contributed by atoms with Crippen LogP contribution in [0, 0.1) is 0 Å². The summed E-state index contributed by atoms with van der Waals surface area (Å²) in [5.41, 5.74) is 2.86. The van der Waals surface area contributed by atoms with Crippen LogP contribution in [-0.2, 0) is 0 Å². The van der Waals surface area contributed by atoms with Crippen LogP contribution in [-0.4, -0.2) is 18.4 Å². The summed E-state index contributed by atoms with van der Waals surface area (Å²) in [5, 5.41) is 9.93. The molecule has 24 heavy (non-hydrogen) atoms. The van der Waals surface area contributed by atoms with Crippen LogP contribution in [0.15, 0.2) is 83.9 Å². The minimum absolute atomic E-state index is 0.142. The Hall–Kier alpha value is -3.07. The molecule has 3 aromatic rings. The van der Waals surface area contributed by atoms with Crippen LogP contribution in [0.1, 0.15) is 22.7 Å². The molecule has 0 aliphatic rings. The highest BCUT2D eigenvalue weighted by Gasteiger charge is 2.12. The van der Waals surface area contributed by atoms with Gasteiger partial charge in [-0.15, -0.1) is 0 Å². The average Bonchev–Trinajstić information content (AvgIpc) is 2.65. The third-order valence-corrected chi connectivity index (χ3v) is 3.85. The van der Waals surface area contributed by atoms with E-state index in [0.29, 0.717) is 5.56 Å². The monoisotopic (exact) mass is 317 g/mol. The number of methoxy groups -OCH3 is 1. The third kappa shape index (κ3) is 3.63. The molecule has 0 bridgehead atoms. The van der Waals surface area contributed by atoms with E-state index in [2.05, 4.69) is 12.1 Å². The Morgan fingerprint density at radius 3 is 2.12 bits per heavy atom. The zero-order valence-corrected chi connectivity index (χ0v) is 13.5. The molecule has 0 radical (unpaired) electrons. The van der Waals surface area contributed by atoms with Gasteiger partial charge in [0.2, 0.25) is 0 Å². The van der Waals surface area contributed by atoms with Crippen LogP contribution in [0.3, 0.4) is 0 Å². The number of aromatic hydroxyl groups is 1. The molecule has 0 saturated heterocycles. The van der Waals surface area contributed by atoms with E-state index in [1.165, 1.54) is 0 Å². The Morgan fingerprint density at radius 2 is 1.46 bits per heavy atom. The normalized spacial score (nSPS) is 12.2. The lowest BCUT2D eigenvalue weighted by Crippen LogP contribution is -1.99. The summed E-state index contributed by atoms with van der Waals surface area (Å²) < 4.78 is 5.23. The Kier molecular flexibility index (Phi) is 4.92. The van der Waals surface area contributed by atoms with Gasteiger partial charge in [0.15, 0.2) is 0 Å². The van der Waals surface area contributed by atoms with Gasteiger partial charge in [-0.2, -0.15) is 0 Å². The second kappa shape index (κ2) is 7.47. The Labute approximate surface area is 141 Å². The molecule has 1 atom stereocenters. The summed E-state index contributed by atoms with van der Waals surface area (Å²) in [6, 6.07) is 25.0. The fourth-order valence-electron chi connectivity index (χ4n) is 2.54. The first-order valence-electron chi connectivity index (χ1n) is 7.78. The number of hydrogen-bond acceptors (Lipinski definition) is 3. The third-order valence-electron chi connectivity index (χ3n) is 3.85. The molecule has 0 fully saturated rings. The molecule has 3 aromatic carbocycles. The average molecular weight is 317 g/mol. The van der Waals surface area contributed by atoms with E-state index in [1.807, 2.05) is 54.6 Å². The number of phenolic OH excluding ortho intramolecular Hbond substituents is 1. The van der Waals surface area contributed by atoms with Crippen LogP contribution in [0.4, 0.5) is 0 Å². The molecule has 0 heterocycles. The maximum Gasteiger partial charge on any atom is 0.124 e. The van der Waals surface area contributed by atoms with Gasteiger partial charge in [-0.3, -0.25) is 4.99 Å². The Bertz CT molecular complexity index is 811. The first kappa shape index (κ1) is 15.8. The van der Waals surface area contributed by atoms with E-state index in [0.717, 1.165) is 16.9 Å². The van der Waals surface area contributed by atoms with Crippen molar-refractivity contribution in [1.82, 2.24) is 0 Å². The molecule has 3 nitrogen and oxygen atoms in total. The van der Waals surface area contributed by atoms with Gasteiger partial charge in [-0.05, 0) is 35.4 Å². The van der Waals surface area contributed by atoms with E-state index in [9.17, 15) is 5.11 Å². The van der Waals surface area contributed by atoms with Crippen molar-refractivity contribution in [2.75, 3.05) is 7.11 Å². The molecule has 0 saturated carbocycles. The molecule has 0 aromatic heterocycles. The van der Waals surface area contributed by atoms with Gasteiger partial charge in [0.05, 0.1) is 13.2 Å². The minimum Gasteiger partial charge on any atom is -0.507 e. The number of nitrogens with zero attached hydrogens (tertiary/aromatic N) is 1. The summed E-state index contributed by atoms with van der Waals surface area (Å²) in [4.78, 5) is 4.72. The SMILES string of the molecule is COc1ccc([C@H](N=Cc2ccccc2O)c2ccccc2)cc1. The number of ether oxygens (including phenoxy) is 1. The van der Waals surface area contributed by atoms with Crippen LogP contribution in [0.25, 0.3) is 0 Å². The lowest BCUT2D eigenvalue weighted by Gasteiger charge is -2.14. The Balaban J connectivity index is 1.97. The van der Waals surface area contributed by atoms with Crippen LogP contribution in [0.5, 0.6) is 11.5 Å². The van der Waals surface area contributed by atoms with Crippen LogP contribution >= 0.6 is 0 Å². The number of aliphatic imine (C=N–C) groups is 1. The summed E-state index contributed by atoms with van der Waals surface area (Å²) in [5.74, 6) is 1.04. The van der Waals surface area contributed by atoms with Gasteiger partial charge in [0.25, 0.3) is 0 Å². The molecule has 0 unspecified atom stereocenters. The van der Waals surface area contributed by atoms with Crippen molar-refractivity contribution in [3.05, 3.63) is 95.6 Å². The topological polar surface area (TPSA) is 41.8 Å². The molecule has 0 amide bonds. The van der Waals surface area contributed by atoms with Crippen molar-refractivity contribution in [2.45, 2.75) is 6.04 Å². The maximum absolute atomic E-state index is 9.93. The quantitative estimate of drug-likeness (QED) is 0.698. The maximum atomic E-state index is 9.93. The van der Waals surface area contributed by atoms with Gasteiger partial charge in [-0.25, -0.2) is 0 Å². The number of phenols is 1. The van der Waals surface area contributed by atoms with E-state index in [4.69, 9.17) is 9.73 Å². The first-order chi connectivity index (χ1) is 11.8. The van der Waals surface area contributed by atoms with Gasteiger partial charge >= 0.3 is 0 Å². The van der Waals surface area contributed by atoms with Gasteiger partial charge in [0.1, 0.15) is 11.5 Å². The highest BCUT2D eigenvalue weighted by molar-refractivity contribution is 5.83. The summed E-state index contributed by atoms with van der Waals surface area (Å²) in [6.45, 7) is 0. The summed E-state index contributed by atoms with van der Waals surface area (Å²) in [7, 11) is 1.65. The zero-order chi connectivity index (χ0) is 16.8. The lowest BCUT2D eigenvalue weighted by atomic mass is 9.99. The Morgan fingerprint density at radius 1 is 0.833 bits per heavy atom. The smallest absolute Gasteiger partial charge is 0.124 e. The fraction of sp³-hybridized carbons (Fsp3) is 0.0952. The predicted octanol–water partition coefficient (Wildman–Crippen LogP) is 4.61. The largest absolute Gasteiger partial charge is 0.507 e. The lowest BCUT2D eigenvalue weighted by molar-refractivity contribution is 0.414. The van der Waals surface area contributed by atoms with Crippen molar-refractivity contribution in [3.63, 3.8) is 0 Å². The molecule has 3 rings (SSSR count). The number of para-hydroxylation sites is 1. The zero-order valence-electron chi connectivity index (χ0n) is 13.5. The van der Waals surface area contributed by atoms with E-state index in [-0.39, 0.29) is 11.8 Å². The highest BCUT2D eigenvalue weighted by atomic mass is 16.5. The van der Waals surface area contributed by atoms with Crippen LogP contribution in [0.2, 0.25) is 0 Å². The van der Waals surface area contributed by atoms with E-state index in [1.54, 1.807) is 25.5 Å². The van der Waals surface area contributed by atoms with Gasteiger partial charge in [-0.1, -0.05) is 54.6 Å². The molecular formula is C21H19NO2. The second-order valence-electron chi connectivity index (χ2n) is 5.42. The van der Waals surface area contributed by atoms with Gasteiger partial charge < -0.3 is 9.84 Å². The second-order valence-corrected chi connectivity index (χ2v) is 5.42. The summed E-state index contributed by atoms with van der Waals surface area (Å²) in [6.07, 6.45) is 1.72. The predicted molar refractivity (Wildman–Crippen MR) is 97.0 cm³/mol. The van der Waals surface area contributed by atoms with Crippen molar-refractivity contribution in [2.24, 2.45) is 4.99 Å². The first-order valence-corrected chi connectivity index (χ1v) is 7.78. The molecule has 0 aliphatic heterocycles. The van der Waals surface area contributed by atoms with Gasteiger partial charge in [0, 0.05) is 11.8 Å². The van der Waals surface area contributed by atoms with E-state index >= 15 is 0 Å². The van der Waals surface area contributed by atoms with Crippen molar-refractivity contribution < 1.29 is 9.84 Å². The summed E-state index contributed by atoms with van der Waals surface area (Å²) >= 11 is 0. The highest BCUT2D eigenvalue weighted by Crippen LogP contribution is 2.28. The molecule has 1 N–H and O–H groups in total. The molecule has 120 valence electrons. The molecule has 0 aliphatic carbocycles. The van der Waals surface area contributed by atoms with Crippen molar-refractivity contribution >= 4 is 6.21 Å². The molecule has 3 heteroatoms. The van der Waals surface area contributed by atoms with Crippen LogP contribution < -0.4 is 4.74 Å². The fourth-order valence-corrected chi connectivity index (χ4v) is 2.54. The minimum atomic E-state index is -0.142. The number of hydrogen-bond donors (Lipinski definition) is 1.